The van der Waals surface area contributed by atoms with Gasteiger partial charge < -0.3 is 29.5 Å². The van der Waals surface area contributed by atoms with Crippen LogP contribution >= 0.6 is 0 Å². The monoisotopic (exact) mass is 482 g/mol. The van der Waals surface area contributed by atoms with E-state index >= 15 is 0 Å². The molecule has 4 heterocycles. The van der Waals surface area contributed by atoms with Gasteiger partial charge in [0.05, 0.1) is 19.0 Å². The van der Waals surface area contributed by atoms with Crippen molar-refractivity contribution in [2.75, 3.05) is 45.3 Å². The molecule has 0 unspecified atom stereocenters. The van der Waals surface area contributed by atoms with Crippen molar-refractivity contribution in [3.63, 3.8) is 0 Å². The fourth-order valence-corrected chi connectivity index (χ4v) is 4.42. The highest BCUT2D eigenvalue weighted by Gasteiger charge is 2.39. The molecule has 5 rings (SSSR count). The van der Waals surface area contributed by atoms with Gasteiger partial charge in [0.2, 0.25) is 0 Å². The van der Waals surface area contributed by atoms with E-state index in [-0.39, 0.29) is 18.4 Å². The highest BCUT2D eigenvalue weighted by molar-refractivity contribution is 6.04. The van der Waals surface area contributed by atoms with E-state index in [0.717, 1.165) is 18.7 Å². The van der Waals surface area contributed by atoms with Gasteiger partial charge in [-0.05, 0) is 25.0 Å². The van der Waals surface area contributed by atoms with Gasteiger partial charge in [-0.3, -0.25) is 14.8 Å². The van der Waals surface area contributed by atoms with Gasteiger partial charge in [0.25, 0.3) is 5.91 Å². The van der Waals surface area contributed by atoms with Crippen molar-refractivity contribution in [3.05, 3.63) is 48.2 Å². The number of amides is 1. The second kappa shape index (κ2) is 9.63. The summed E-state index contributed by atoms with van der Waals surface area (Å²) >= 11 is 0. The molecule has 0 aliphatic carbocycles. The zero-order chi connectivity index (χ0) is 24.4. The molecule has 3 aromatic rings. The summed E-state index contributed by atoms with van der Waals surface area (Å²) in [5.74, 6) is 0.638. The summed E-state index contributed by atoms with van der Waals surface area (Å²) in [6.45, 7) is 2.93. The summed E-state index contributed by atoms with van der Waals surface area (Å²) < 4.78 is 30.6. The summed E-state index contributed by atoms with van der Waals surface area (Å²) in [5.41, 5.74) is -0.116. The third-order valence-corrected chi connectivity index (χ3v) is 6.53. The topological polar surface area (TPSA) is 106 Å². The van der Waals surface area contributed by atoms with Gasteiger partial charge >= 0.3 is 0 Å². The minimum Gasteiger partial charge on any atom is -0.497 e. The molecule has 35 heavy (non-hydrogen) atoms. The minimum absolute atomic E-state index is 0.123. The summed E-state index contributed by atoms with van der Waals surface area (Å²) in [7, 11) is 1.44. The summed E-state index contributed by atoms with van der Waals surface area (Å²) in [6.07, 6.45) is 4.40. The van der Waals surface area contributed by atoms with Crippen LogP contribution in [0.2, 0.25) is 0 Å². The van der Waals surface area contributed by atoms with Gasteiger partial charge in [0, 0.05) is 55.5 Å². The van der Waals surface area contributed by atoms with Crippen LogP contribution in [0.25, 0.3) is 10.9 Å². The van der Waals surface area contributed by atoms with E-state index in [1.807, 2.05) is 6.07 Å². The van der Waals surface area contributed by atoms with Crippen LogP contribution in [0.3, 0.4) is 0 Å². The lowest BCUT2D eigenvalue weighted by Crippen LogP contribution is -2.51. The summed E-state index contributed by atoms with van der Waals surface area (Å²) in [5, 5.41) is 14.2. The molecule has 0 spiro atoms. The average molecular weight is 483 g/mol. The number of halogens is 1. The molecule has 1 fully saturated rings. The largest absolute Gasteiger partial charge is 0.497 e. The van der Waals surface area contributed by atoms with E-state index in [2.05, 4.69) is 20.2 Å². The smallest absolute Gasteiger partial charge is 0.256 e. The maximum absolute atomic E-state index is 14.4. The van der Waals surface area contributed by atoms with Crippen molar-refractivity contribution in [2.45, 2.75) is 24.9 Å². The second-order valence-corrected chi connectivity index (χ2v) is 8.76. The Morgan fingerprint density at radius 3 is 2.74 bits per heavy atom. The number of aromatic nitrogens is 2. The fourth-order valence-electron chi connectivity index (χ4n) is 4.42. The molecule has 1 saturated heterocycles. The number of carbonyl (C=O) groups excluding carboxylic acids is 1. The fraction of sp³-hybridized carbons (Fsp3) is 0.400. The highest BCUT2D eigenvalue weighted by atomic mass is 19.1. The molecule has 0 radical (unpaired) electrons. The first kappa shape index (κ1) is 23.3. The number of aliphatic hydroxyl groups is 1. The lowest BCUT2D eigenvalue weighted by atomic mass is 9.90. The third-order valence-electron chi connectivity index (χ3n) is 6.53. The number of nitrogens with zero attached hydrogens (tertiary/aromatic N) is 3. The van der Waals surface area contributed by atoms with Crippen molar-refractivity contribution >= 4 is 22.5 Å². The van der Waals surface area contributed by atoms with Crippen LogP contribution in [0.4, 0.5) is 10.1 Å². The van der Waals surface area contributed by atoms with Gasteiger partial charge in [-0.15, -0.1) is 0 Å². The Hall–Kier alpha value is -3.50. The highest BCUT2D eigenvalue weighted by Crippen LogP contribution is 2.31. The van der Waals surface area contributed by atoms with Crippen LogP contribution in [0.1, 0.15) is 18.5 Å². The van der Waals surface area contributed by atoms with Crippen LogP contribution in [-0.2, 0) is 11.2 Å². The molecule has 0 atom stereocenters. The van der Waals surface area contributed by atoms with Crippen molar-refractivity contribution in [1.29, 1.82) is 0 Å². The number of ether oxygens (including phenoxy) is 3. The van der Waals surface area contributed by atoms with Crippen LogP contribution in [0.15, 0.2) is 36.7 Å². The van der Waals surface area contributed by atoms with Crippen molar-refractivity contribution in [2.24, 2.45) is 0 Å². The molecule has 2 N–H and O–H groups in total. The molecule has 0 bridgehead atoms. The van der Waals surface area contributed by atoms with E-state index in [1.54, 1.807) is 18.3 Å². The number of likely N-dealkylation sites (tertiary alicyclic amines) is 1. The van der Waals surface area contributed by atoms with Gasteiger partial charge in [0.1, 0.15) is 30.1 Å². The first-order valence-electron chi connectivity index (χ1n) is 11.6. The Kier molecular flexibility index (Phi) is 6.40. The summed E-state index contributed by atoms with van der Waals surface area (Å²) in [6, 6.07) is 6.33. The Bertz CT molecular complexity index is 1250. The van der Waals surface area contributed by atoms with Crippen LogP contribution in [-0.4, -0.2) is 71.4 Å². The number of methoxy groups -OCH3 is 1. The molecule has 2 aromatic heterocycles. The van der Waals surface area contributed by atoms with Crippen molar-refractivity contribution < 1.29 is 28.5 Å². The molecule has 2 aliphatic heterocycles. The van der Waals surface area contributed by atoms with E-state index in [9.17, 15) is 14.3 Å². The first-order chi connectivity index (χ1) is 16.9. The second-order valence-electron chi connectivity index (χ2n) is 8.76. The van der Waals surface area contributed by atoms with E-state index in [0.29, 0.717) is 54.6 Å². The predicted molar refractivity (Wildman–Crippen MR) is 126 cm³/mol. The van der Waals surface area contributed by atoms with Crippen molar-refractivity contribution in [3.8, 4) is 17.2 Å². The van der Waals surface area contributed by atoms with E-state index < -0.39 is 17.3 Å². The molecule has 1 amide bonds. The standard InChI is InChI=1S/C25H27FN4O5/c1-33-17-13-18-20(2-6-27-23(18)19(26)14-17)29-24(31)25(32)4-8-30(9-5-25)7-3-16-12-21-22(15-28-16)35-11-10-34-21/h2,6,12-15,32H,3-5,7-11H2,1H3,(H,27,29,31). The molecular weight excluding hydrogens is 455 g/mol. The van der Waals surface area contributed by atoms with Gasteiger partial charge in [-0.25, -0.2) is 4.39 Å². The lowest BCUT2D eigenvalue weighted by molar-refractivity contribution is -0.138. The van der Waals surface area contributed by atoms with Crippen LogP contribution in [0, 0.1) is 5.82 Å². The Morgan fingerprint density at radius 2 is 1.97 bits per heavy atom. The van der Waals surface area contributed by atoms with Gasteiger partial charge in [0.15, 0.2) is 17.3 Å². The number of nitrogens with one attached hydrogen (secondary N) is 1. The number of rotatable bonds is 6. The van der Waals surface area contributed by atoms with Crippen LogP contribution in [0.5, 0.6) is 17.2 Å². The maximum Gasteiger partial charge on any atom is 0.256 e. The van der Waals surface area contributed by atoms with Crippen molar-refractivity contribution in [1.82, 2.24) is 14.9 Å². The SMILES string of the molecule is COc1cc(F)c2nccc(NC(=O)C3(O)CCN(CCc4cc5c(cn4)OCCO5)CC3)c2c1. The van der Waals surface area contributed by atoms with Gasteiger partial charge in [-0.2, -0.15) is 0 Å². The number of piperidine rings is 1. The Labute approximate surface area is 201 Å². The number of benzene rings is 1. The molecule has 9 nitrogen and oxygen atoms in total. The Morgan fingerprint density at radius 1 is 1.20 bits per heavy atom. The maximum atomic E-state index is 14.4. The molecule has 0 saturated carbocycles. The number of hydrogen-bond donors (Lipinski definition) is 2. The first-order valence-corrected chi connectivity index (χ1v) is 11.6. The van der Waals surface area contributed by atoms with E-state index in [1.165, 1.54) is 19.4 Å². The lowest BCUT2D eigenvalue weighted by Gasteiger charge is -2.37. The third kappa shape index (κ3) is 4.85. The van der Waals surface area contributed by atoms with Crippen LogP contribution < -0.4 is 19.5 Å². The Balaban J connectivity index is 1.20. The number of anilines is 1. The summed E-state index contributed by atoms with van der Waals surface area (Å²) in [4.78, 5) is 23.7. The average Bonchev–Trinajstić information content (AvgIpc) is 2.88. The zero-order valence-corrected chi connectivity index (χ0v) is 19.4. The zero-order valence-electron chi connectivity index (χ0n) is 19.4. The number of hydrogen-bond acceptors (Lipinski definition) is 8. The molecule has 10 heteroatoms. The molecular formula is C25H27FN4O5. The number of carbonyl (C=O) groups is 1. The number of fused-ring (bicyclic) bond motifs is 2. The van der Waals surface area contributed by atoms with Gasteiger partial charge in [-0.1, -0.05) is 0 Å². The molecule has 2 aliphatic rings. The number of pyridine rings is 2. The molecule has 184 valence electrons. The quantitative estimate of drug-likeness (QED) is 0.552. The van der Waals surface area contributed by atoms with E-state index in [4.69, 9.17) is 14.2 Å². The molecule has 1 aromatic carbocycles. The minimum atomic E-state index is -1.52. The normalized spacial score (nSPS) is 17.2. The predicted octanol–water partition coefficient (Wildman–Crippen LogP) is 2.56.